The molecule has 2 aromatic rings. The van der Waals surface area contributed by atoms with Crippen LogP contribution >= 0.6 is 15.9 Å². The van der Waals surface area contributed by atoms with Gasteiger partial charge in [0.25, 0.3) is 5.91 Å². The number of anilines is 2. The number of aryl methyl sites for hydroxylation is 1. The fraction of sp³-hybridized carbons (Fsp3) is 0.316. The highest BCUT2D eigenvalue weighted by molar-refractivity contribution is 9.10. The molecular weight excluding hydrogens is 368 g/mol. The Balaban J connectivity index is 1.96. The second kappa shape index (κ2) is 8.73. The third-order valence-electron chi connectivity index (χ3n) is 3.78. The maximum absolute atomic E-state index is 12.1. The van der Waals surface area contributed by atoms with Gasteiger partial charge in [0, 0.05) is 28.9 Å². The van der Waals surface area contributed by atoms with Gasteiger partial charge < -0.3 is 15.0 Å². The highest BCUT2D eigenvalue weighted by atomic mass is 79.9. The summed E-state index contributed by atoms with van der Waals surface area (Å²) >= 11 is 3.38. The predicted octanol–water partition coefficient (Wildman–Crippen LogP) is 4.62. The van der Waals surface area contributed by atoms with Gasteiger partial charge in [-0.3, -0.25) is 4.79 Å². The lowest BCUT2D eigenvalue weighted by Crippen LogP contribution is -2.23. The molecule has 1 N–H and O–H groups in total. The molecule has 0 unspecified atom stereocenters. The standard InChI is InChI=1S/C19H23BrN2O2/c1-4-22(5-2)16-9-10-18(14(3)11-16)21-19(23)13-24-17-8-6-7-15(20)12-17/h6-12H,4-5,13H2,1-3H3,(H,21,23). The molecule has 128 valence electrons. The first kappa shape index (κ1) is 18.3. The van der Waals surface area contributed by atoms with Crippen LogP contribution in [0.2, 0.25) is 0 Å². The quantitative estimate of drug-likeness (QED) is 0.749. The molecule has 0 saturated carbocycles. The smallest absolute Gasteiger partial charge is 0.262 e. The minimum absolute atomic E-state index is 0.0201. The topological polar surface area (TPSA) is 41.6 Å². The number of nitrogens with zero attached hydrogens (tertiary/aromatic N) is 1. The summed E-state index contributed by atoms with van der Waals surface area (Å²) in [6.07, 6.45) is 0. The molecule has 0 fully saturated rings. The molecule has 0 aliphatic heterocycles. The van der Waals surface area contributed by atoms with E-state index in [1.807, 2.05) is 43.3 Å². The van der Waals surface area contributed by atoms with Gasteiger partial charge >= 0.3 is 0 Å². The molecule has 0 atom stereocenters. The highest BCUT2D eigenvalue weighted by Gasteiger charge is 2.08. The van der Waals surface area contributed by atoms with Crippen LogP contribution in [0.3, 0.4) is 0 Å². The summed E-state index contributed by atoms with van der Waals surface area (Å²) in [5.41, 5.74) is 3.02. The van der Waals surface area contributed by atoms with E-state index >= 15 is 0 Å². The largest absolute Gasteiger partial charge is 0.484 e. The van der Waals surface area contributed by atoms with Gasteiger partial charge in [0.15, 0.2) is 6.61 Å². The van der Waals surface area contributed by atoms with Crippen LogP contribution in [0.25, 0.3) is 0 Å². The van der Waals surface area contributed by atoms with E-state index in [0.29, 0.717) is 5.75 Å². The van der Waals surface area contributed by atoms with Gasteiger partial charge in [0.2, 0.25) is 0 Å². The Morgan fingerprint density at radius 2 is 1.92 bits per heavy atom. The molecular formula is C19H23BrN2O2. The van der Waals surface area contributed by atoms with Gasteiger partial charge in [-0.05, 0) is 62.7 Å². The third-order valence-corrected chi connectivity index (χ3v) is 4.27. The van der Waals surface area contributed by atoms with Crippen LogP contribution < -0.4 is 15.0 Å². The second-order valence-electron chi connectivity index (χ2n) is 5.47. The Labute approximate surface area is 151 Å². The van der Waals surface area contributed by atoms with Crippen LogP contribution in [0, 0.1) is 6.92 Å². The number of nitrogens with one attached hydrogen (secondary N) is 1. The Kier molecular flexibility index (Phi) is 6.67. The fourth-order valence-electron chi connectivity index (χ4n) is 2.47. The maximum Gasteiger partial charge on any atom is 0.262 e. The fourth-order valence-corrected chi connectivity index (χ4v) is 2.84. The SMILES string of the molecule is CCN(CC)c1ccc(NC(=O)COc2cccc(Br)c2)c(C)c1. The van der Waals surface area contributed by atoms with Crippen molar-refractivity contribution in [2.75, 3.05) is 29.9 Å². The number of ether oxygens (including phenoxy) is 1. The summed E-state index contributed by atoms with van der Waals surface area (Å²) in [5, 5.41) is 2.90. The molecule has 24 heavy (non-hydrogen) atoms. The average Bonchev–Trinajstić information content (AvgIpc) is 2.56. The van der Waals surface area contributed by atoms with Crippen molar-refractivity contribution in [2.45, 2.75) is 20.8 Å². The van der Waals surface area contributed by atoms with E-state index in [-0.39, 0.29) is 12.5 Å². The molecule has 0 aliphatic carbocycles. The summed E-state index contributed by atoms with van der Waals surface area (Å²) in [7, 11) is 0. The van der Waals surface area contributed by atoms with Crippen molar-refractivity contribution < 1.29 is 9.53 Å². The van der Waals surface area contributed by atoms with Crippen LogP contribution in [0.5, 0.6) is 5.75 Å². The molecule has 1 amide bonds. The molecule has 0 spiro atoms. The van der Waals surface area contributed by atoms with Gasteiger partial charge in [0.05, 0.1) is 0 Å². The molecule has 2 rings (SSSR count). The molecule has 0 radical (unpaired) electrons. The first-order chi connectivity index (χ1) is 11.5. The Morgan fingerprint density at radius 1 is 1.17 bits per heavy atom. The van der Waals surface area contributed by atoms with E-state index < -0.39 is 0 Å². The minimum Gasteiger partial charge on any atom is -0.484 e. The van der Waals surface area contributed by atoms with E-state index in [2.05, 4.69) is 46.1 Å². The molecule has 0 heterocycles. The number of carbonyl (C=O) groups is 1. The Morgan fingerprint density at radius 3 is 2.54 bits per heavy atom. The molecule has 5 heteroatoms. The first-order valence-electron chi connectivity index (χ1n) is 8.07. The van der Waals surface area contributed by atoms with Gasteiger partial charge in [-0.1, -0.05) is 22.0 Å². The van der Waals surface area contributed by atoms with E-state index in [1.54, 1.807) is 0 Å². The monoisotopic (exact) mass is 390 g/mol. The highest BCUT2D eigenvalue weighted by Crippen LogP contribution is 2.23. The number of carbonyl (C=O) groups excluding carboxylic acids is 1. The number of rotatable bonds is 7. The first-order valence-corrected chi connectivity index (χ1v) is 8.86. The van der Waals surface area contributed by atoms with Crippen LogP contribution in [-0.4, -0.2) is 25.6 Å². The summed E-state index contributed by atoms with van der Waals surface area (Å²) in [6.45, 7) is 8.16. The normalized spacial score (nSPS) is 10.3. The Hall–Kier alpha value is -2.01. The van der Waals surface area contributed by atoms with Crippen LogP contribution in [0.1, 0.15) is 19.4 Å². The average molecular weight is 391 g/mol. The molecule has 4 nitrogen and oxygen atoms in total. The van der Waals surface area contributed by atoms with Crippen LogP contribution in [0.4, 0.5) is 11.4 Å². The zero-order chi connectivity index (χ0) is 17.5. The van der Waals surface area contributed by atoms with Crippen molar-refractivity contribution in [3.05, 3.63) is 52.5 Å². The van der Waals surface area contributed by atoms with Crippen LogP contribution in [-0.2, 0) is 4.79 Å². The van der Waals surface area contributed by atoms with Gasteiger partial charge in [-0.2, -0.15) is 0 Å². The molecule has 0 aliphatic rings. The zero-order valence-corrected chi connectivity index (χ0v) is 15.9. The molecule has 0 saturated heterocycles. The summed E-state index contributed by atoms with van der Waals surface area (Å²) in [4.78, 5) is 14.4. The van der Waals surface area contributed by atoms with Crippen molar-refractivity contribution in [2.24, 2.45) is 0 Å². The van der Waals surface area contributed by atoms with Crippen molar-refractivity contribution in [1.82, 2.24) is 0 Å². The lowest BCUT2D eigenvalue weighted by atomic mass is 10.1. The number of hydrogen-bond acceptors (Lipinski definition) is 3. The predicted molar refractivity (Wildman–Crippen MR) is 103 cm³/mol. The molecule has 0 bridgehead atoms. The van der Waals surface area contributed by atoms with Crippen molar-refractivity contribution in [3.63, 3.8) is 0 Å². The Bertz CT molecular complexity index is 700. The van der Waals surface area contributed by atoms with Gasteiger partial charge in [-0.25, -0.2) is 0 Å². The van der Waals surface area contributed by atoms with Gasteiger partial charge in [0.1, 0.15) is 5.75 Å². The van der Waals surface area contributed by atoms with E-state index in [0.717, 1.165) is 28.8 Å². The van der Waals surface area contributed by atoms with E-state index in [4.69, 9.17) is 4.74 Å². The zero-order valence-electron chi connectivity index (χ0n) is 14.3. The van der Waals surface area contributed by atoms with Crippen LogP contribution in [0.15, 0.2) is 46.9 Å². The van der Waals surface area contributed by atoms with E-state index in [1.165, 1.54) is 5.69 Å². The lowest BCUT2D eigenvalue weighted by molar-refractivity contribution is -0.118. The van der Waals surface area contributed by atoms with Crippen molar-refractivity contribution >= 4 is 33.2 Å². The number of benzene rings is 2. The van der Waals surface area contributed by atoms with E-state index in [9.17, 15) is 4.79 Å². The summed E-state index contributed by atoms with van der Waals surface area (Å²) < 4.78 is 6.43. The number of halogens is 1. The van der Waals surface area contributed by atoms with Gasteiger partial charge in [-0.15, -0.1) is 0 Å². The van der Waals surface area contributed by atoms with Crippen molar-refractivity contribution in [3.8, 4) is 5.75 Å². The second-order valence-corrected chi connectivity index (χ2v) is 6.38. The summed E-state index contributed by atoms with van der Waals surface area (Å²) in [6, 6.07) is 13.5. The minimum atomic E-state index is -0.173. The third kappa shape index (κ3) is 4.99. The van der Waals surface area contributed by atoms with Crippen molar-refractivity contribution in [1.29, 1.82) is 0 Å². The maximum atomic E-state index is 12.1. The molecule has 2 aromatic carbocycles. The lowest BCUT2D eigenvalue weighted by Gasteiger charge is -2.22. The number of amides is 1. The number of hydrogen-bond donors (Lipinski definition) is 1. The molecule has 0 aromatic heterocycles. The summed E-state index contributed by atoms with van der Waals surface area (Å²) in [5.74, 6) is 0.488.